The molecule has 2 aromatic carbocycles. The lowest BCUT2D eigenvalue weighted by molar-refractivity contribution is 0.253. The van der Waals surface area contributed by atoms with Gasteiger partial charge in [0, 0.05) is 16.3 Å². The van der Waals surface area contributed by atoms with Gasteiger partial charge in [-0.3, -0.25) is 0 Å². The largest absolute Gasteiger partial charge is 0.494 e. The van der Waals surface area contributed by atoms with Crippen LogP contribution in [0.15, 0.2) is 54.0 Å². The Morgan fingerprint density at radius 3 is 2.50 bits per heavy atom. The fraction of sp³-hybridized carbons (Fsp3) is 0.238. The van der Waals surface area contributed by atoms with Gasteiger partial charge in [0.25, 0.3) is 0 Å². The number of aliphatic imine (C=N–C) groups is 1. The van der Waals surface area contributed by atoms with Crippen molar-refractivity contribution in [2.24, 2.45) is 4.99 Å². The summed E-state index contributed by atoms with van der Waals surface area (Å²) in [4.78, 5) is 16.3. The van der Waals surface area contributed by atoms with Gasteiger partial charge in [-0.1, -0.05) is 31.2 Å². The van der Waals surface area contributed by atoms with Crippen LogP contribution in [0.1, 0.15) is 37.5 Å². The lowest BCUT2D eigenvalue weighted by Crippen LogP contribution is -2.19. The Hall–Kier alpha value is -2.59. The maximum atomic E-state index is 12.2. The van der Waals surface area contributed by atoms with Crippen LogP contribution in [0.2, 0.25) is 5.02 Å². The highest BCUT2D eigenvalue weighted by Gasteiger charge is 2.09. The highest BCUT2D eigenvalue weighted by Crippen LogP contribution is 2.23. The summed E-state index contributed by atoms with van der Waals surface area (Å²) in [7, 11) is 0. The first-order valence-corrected chi connectivity index (χ1v) is 8.89. The zero-order valence-corrected chi connectivity index (χ0v) is 16.1. The maximum Gasteiger partial charge on any atom is 0.345 e. The van der Waals surface area contributed by atoms with Crippen LogP contribution in [-0.4, -0.2) is 18.3 Å². The molecule has 2 aromatic rings. The Morgan fingerprint density at radius 1 is 1.19 bits per heavy atom. The molecule has 0 saturated carbocycles. The summed E-state index contributed by atoms with van der Waals surface area (Å²) in [5.41, 5.74) is 3.70. The molecule has 0 spiro atoms. The molecule has 0 saturated heterocycles. The van der Waals surface area contributed by atoms with Gasteiger partial charge in [0.2, 0.25) is 0 Å². The van der Waals surface area contributed by atoms with Crippen molar-refractivity contribution in [1.82, 2.24) is 5.32 Å². The minimum Gasteiger partial charge on any atom is -0.494 e. The average molecular weight is 371 g/mol. The van der Waals surface area contributed by atoms with Gasteiger partial charge in [0.1, 0.15) is 5.75 Å². The van der Waals surface area contributed by atoms with E-state index in [9.17, 15) is 4.79 Å². The van der Waals surface area contributed by atoms with Gasteiger partial charge in [0.05, 0.1) is 12.3 Å². The number of benzene rings is 2. The first-order valence-electron chi connectivity index (χ1n) is 8.51. The first kappa shape index (κ1) is 19.7. The van der Waals surface area contributed by atoms with Gasteiger partial charge in [-0.05, 0) is 67.8 Å². The molecule has 5 heteroatoms. The van der Waals surface area contributed by atoms with E-state index in [2.05, 4.69) is 23.8 Å². The van der Waals surface area contributed by atoms with E-state index in [1.807, 2.05) is 49.4 Å². The Bertz CT molecular complexity index is 826. The number of nitrogens with zero attached hydrogens (tertiary/aromatic N) is 1. The normalized spacial score (nSPS) is 11.2. The van der Waals surface area contributed by atoms with Crippen molar-refractivity contribution in [1.29, 1.82) is 0 Å². The van der Waals surface area contributed by atoms with Crippen molar-refractivity contribution in [3.8, 4) is 5.75 Å². The minimum atomic E-state index is -0.487. The van der Waals surface area contributed by atoms with Crippen molar-refractivity contribution >= 4 is 29.0 Å². The van der Waals surface area contributed by atoms with Crippen LogP contribution in [0, 0.1) is 0 Å². The minimum absolute atomic E-state index is 0.429. The van der Waals surface area contributed by atoms with Crippen molar-refractivity contribution in [3.63, 3.8) is 0 Å². The second-order valence-corrected chi connectivity index (χ2v) is 6.14. The number of halogens is 1. The molecule has 2 amide bonds. The molecule has 1 N–H and O–H groups in total. The quantitative estimate of drug-likeness (QED) is 0.683. The summed E-state index contributed by atoms with van der Waals surface area (Å²) < 4.78 is 5.41. The number of hydrogen-bond acceptors (Lipinski definition) is 2. The summed E-state index contributed by atoms with van der Waals surface area (Å²) in [5.74, 6) is 0.785. The monoisotopic (exact) mass is 370 g/mol. The van der Waals surface area contributed by atoms with Crippen molar-refractivity contribution in [2.75, 3.05) is 6.61 Å². The number of ether oxygens (including phenoxy) is 1. The second-order valence-electron chi connectivity index (χ2n) is 5.73. The van der Waals surface area contributed by atoms with Crippen molar-refractivity contribution in [3.05, 3.63) is 70.8 Å². The van der Waals surface area contributed by atoms with Gasteiger partial charge in [-0.15, -0.1) is 0 Å². The molecule has 0 aliphatic rings. The van der Waals surface area contributed by atoms with Crippen LogP contribution in [0.3, 0.4) is 0 Å². The number of carbonyl (C=O) groups is 1. The van der Waals surface area contributed by atoms with E-state index >= 15 is 0 Å². The topological polar surface area (TPSA) is 50.7 Å². The molecule has 2 rings (SSSR count). The fourth-order valence-electron chi connectivity index (χ4n) is 2.42. The Balaban J connectivity index is 2.09. The van der Waals surface area contributed by atoms with Crippen LogP contribution in [0.25, 0.3) is 5.70 Å². The van der Waals surface area contributed by atoms with E-state index < -0.39 is 6.03 Å². The van der Waals surface area contributed by atoms with Gasteiger partial charge in [0.15, 0.2) is 0 Å². The summed E-state index contributed by atoms with van der Waals surface area (Å²) >= 11 is 6.21. The number of carbonyl (C=O) groups excluding carboxylic acids is 1. The molecule has 26 heavy (non-hydrogen) atoms. The summed E-state index contributed by atoms with van der Waals surface area (Å²) in [6.07, 6.45) is 0.875. The molecule has 136 valence electrons. The lowest BCUT2D eigenvalue weighted by atomic mass is 10.1. The predicted molar refractivity (Wildman–Crippen MR) is 108 cm³/mol. The number of urea groups is 1. The third-order valence-corrected chi connectivity index (χ3v) is 4.20. The predicted octanol–water partition coefficient (Wildman–Crippen LogP) is 5.49. The van der Waals surface area contributed by atoms with Crippen molar-refractivity contribution < 1.29 is 9.53 Å². The Labute approximate surface area is 159 Å². The van der Waals surface area contributed by atoms with E-state index in [4.69, 9.17) is 16.3 Å². The van der Waals surface area contributed by atoms with Crippen LogP contribution >= 0.6 is 11.6 Å². The van der Waals surface area contributed by atoms with Gasteiger partial charge >= 0.3 is 6.03 Å². The first-order chi connectivity index (χ1) is 12.4. The molecule has 0 aliphatic carbocycles. The Kier molecular flexibility index (Phi) is 6.98. The molecular formula is C21H23ClN2O2. The summed E-state index contributed by atoms with van der Waals surface area (Å²) in [6, 6.07) is 12.6. The molecule has 0 bridgehead atoms. The summed E-state index contributed by atoms with van der Waals surface area (Å²) in [6.45, 7) is 10.3. The molecule has 4 nitrogen and oxygen atoms in total. The fourth-order valence-corrected chi connectivity index (χ4v) is 2.66. The molecule has 0 aliphatic heterocycles. The van der Waals surface area contributed by atoms with E-state index in [0.29, 0.717) is 28.6 Å². The average Bonchev–Trinajstić information content (AvgIpc) is 2.62. The van der Waals surface area contributed by atoms with Gasteiger partial charge < -0.3 is 10.1 Å². The van der Waals surface area contributed by atoms with E-state index in [1.54, 1.807) is 6.92 Å². The zero-order valence-electron chi connectivity index (χ0n) is 15.3. The summed E-state index contributed by atoms with van der Waals surface area (Å²) in [5, 5.41) is 3.23. The van der Waals surface area contributed by atoms with E-state index in [-0.39, 0.29) is 0 Å². The highest BCUT2D eigenvalue weighted by molar-refractivity contribution is 6.32. The van der Waals surface area contributed by atoms with Gasteiger partial charge in [-0.2, -0.15) is 4.99 Å². The molecule has 0 heterocycles. The van der Waals surface area contributed by atoms with Crippen LogP contribution in [0.4, 0.5) is 4.79 Å². The second kappa shape index (κ2) is 9.20. The lowest BCUT2D eigenvalue weighted by Gasteiger charge is -2.10. The molecule has 0 fully saturated rings. The number of aryl methyl sites for hydroxylation is 1. The maximum absolute atomic E-state index is 12.2. The van der Waals surface area contributed by atoms with Crippen LogP contribution < -0.4 is 10.1 Å². The molecule has 0 atom stereocenters. The molecule has 0 unspecified atom stereocenters. The molecule has 0 radical (unpaired) electrons. The molecular weight excluding hydrogens is 348 g/mol. The number of amides is 2. The molecule has 0 aromatic heterocycles. The number of nitrogens with one attached hydrogen (secondary N) is 1. The van der Waals surface area contributed by atoms with E-state index in [0.717, 1.165) is 23.3 Å². The van der Waals surface area contributed by atoms with E-state index in [1.165, 1.54) is 0 Å². The third-order valence-electron chi connectivity index (χ3n) is 3.87. The van der Waals surface area contributed by atoms with Crippen molar-refractivity contribution in [2.45, 2.75) is 27.2 Å². The number of rotatable bonds is 6. The SMILES string of the molecule is C=C(NC(=O)/N=C(\C)c1ccc(OCC)cc1)c1cc(CC)ccc1Cl. The highest BCUT2D eigenvalue weighted by atomic mass is 35.5. The standard InChI is InChI=1S/C21H23ClN2O2/c1-5-16-7-12-20(22)19(13-16)15(4)24-21(25)23-14(3)17-8-10-18(11-9-17)26-6-2/h7-13H,4-6H2,1-3H3,(H,24,25)/b23-14+. The Morgan fingerprint density at radius 2 is 1.88 bits per heavy atom. The van der Waals surface area contributed by atoms with Crippen LogP contribution in [-0.2, 0) is 6.42 Å². The van der Waals surface area contributed by atoms with Gasteiger partial charge in [-0.25, -0.2) is 4.79 Å². The zero-order chi connectivity index (χ0) is 19.1. The number of hydrogen-bond donors (Lipinski definition) is 1. The van der Waals surface area contributed by atoms with Crippen LogP contribution in [0.5, 0.6) is 5.75 Å². The third kappa shape index (κ3) is 5.20. The smallest absolute Gasteiger partial charge is 0.345 e.